The number of benzene rings is 2. The van der Waals surface area contributed by atoms with Gasteiger partial charge in [0.25, 0.3) is 0 Å². The lowest BCUT2D eigenvalue weighted by atomic mass is 10.1. The molecule has 1 aliphatic heterocycles. The fourth-order valence-electron chi connectivity index (χ4n) is 2.91. The molecule has 0 spiro atoms. The summed E-state index contributed by atoms with van der Waals surface area (Å²) in [5.74, 6) is 0. The van der Waals surface area contributed by atoms with Crippen LogP contribution in [0.1, 0.15) is 11.1 Å². The predicted molar refractivity (Wildman–Crippen MR) is 98.5 cm³/mol. The molecule has 1 aliphatic rings. The molecule has 1 heterocycles. The quantitative estimate of drug-likeness (QED) is 0.914. The molecular formula is C19H22ClN3O. The number of rotatable bonds is 3. The third-order valence-electron chi connectivity index (χ3n) is 4.39. The van der Waals surface area contributed by atoms with E-state index in [0.29, 0.717) is 5.02 Å². The van der Waals surface area contributed by atoms with E-state index in [9.17, 15) is 4.79 Å². The fraction of sp³-hybridized carbons (Fsp3) is 0.316. The Morgan fingerprint density at radius 2 is 1.83 bits per heavy atom. The second-order valence-corrected chi connectivity index (χ2v) is 6.57. The van der Waals surface area contributed by atoms with Crippen LogP contribution >= 0.6 is 11.6 Å². The highest BCUT2D eigenvalue weighted by Crippen LogP contribution is 2.16. The maximum atomic E-state index is 12.4. The molecule has 5 heteroatoms. The van der Waals surface area contributed by atoms with Crippen molar-refractivity contribution >= 4 is 23.3 Å². The molecule has 0 bridgehead atoms. The van der Waals surface area contributed by atoms with Crippen LogP contribution in [0.4, 0.5) is 10.5 Å². The van der Waals surface area contributed by atoms with Gasteiger partial charge in [-0.3, -0.25) is 4.90 Å². The van der Waals surface area contributed by atoms with Crippen LogP contribution in [0.2, 0.25) is 5.02 Å². The van der Waals surface area contributed by atoms with Gasteiger partial charge in [-0.1, -0.05) is 41.9 Å². The van der Waals surface area contributed by atoms with Crippen molar-refractivity contribution < 1.29 is 4.79 Å². The zero-order valence-corrected chi connectivity index (χ0v) is 14.6. The maximum Gasteiger partial charge on any atom is 0.321 e. The van der Waals surface area contributed by atoms with Crippen LogP contribution < -0.4 is 5.32 Å². The van der Waals surface area contributed by atoms with Crippen LogP contribution in [0.5, 0.6) is 0 Å². The smallest absolute Gasteiger partial charge is 0.321 e. The second kappa shape index (κ2) is 7.69. The normalized spacial score (nSPS) is 15.3. The number of nitrogens with zero attached hydrogens (tertiary/aromatic N) is 2. The largest absolute Gasteiger partial charge is 0.322 e. The number of anilines is 1. The van der Waals surface area contributed by atoms with E-state index >= 15 is 0 Å². The highest BCUT2D eigenvalue weighted by molar-refractivity contribution is 6.30. The van der Waals surface area contributed by atoms with E-state index in [4.69, 9.17) is 11.6 Å². The molecule has 24 heavy (non-hydrogen) atoms. The number of carbonyl (C=O) groups excluding carboxylic acids is 1. The minimum atomic E-state index is -0.0622. The van der Waals surface area contributed by atoms with Crippen molar-refractivity contribution in [1.82, 2.24) is 9.80 Å². The average Bonchev–Trinajstić information content (AvgIpc) is 2.57. The third kappa shape index (κ3) is 4.28. The zero-order valence-electron chi connectivity index (χ0n) is 13.8. The van der Waals surface area contributed by atoms with Crippen molar-refractivity contribution in [2.75, 3.05) is 31.5 Å². The predicted octanol–water partition coefficient (Wildman–Crippen LogP) is 4.00. The van der Waals surface area contributed by atoms with Crippen LogP contribution in [0, 0.1) is 6.92 Å². The van der Waals surface area contributed by atoms with Crippen LogP contribution in [0.15, 0.2) is 48.5 Å². The van der Waals surface area contributed by atoms with Gasteiger partial charge in [-0.15, -0.1) is 0 Å². The Labute approximate surface area is 148 Å². The molecule has 0 saturated carbocycles. The fourth-order valence-corrected chi connectivity index (χ4v) is 3.10. The van der Waals surface area contributed by atoms with Crippen LogP contribution in [-0.4, -0.2) is 42.0 Å². The maximum absolute atomic E-state index is 12.4. The number of nitrogens with one attached hydrogen (secondary N) is 1. The van der Waals surface area contributed by atoms with Gasteiger partial charge in [-0.25, -0.2) is 4.79 Å². The topological polar surface area (TPSA) is 35.6 Å². The summed E-state index contributed by atoms with van der Waals surface area (Å²) in [6, 6.07) is 15.6. The van der Waals surface area contributed by atoms with Crippen LogP contribution in [-0.2, 0) is 6.54 Å². The molecule has 4 nitrogen and oxygen atoms in total. The summed E-state index contributed by atoms with van der Waals surface area (Å²) in [5, 5.41) is 3.53. The first-order valence-electron chi connectivity index (χ1n) is 8.20. The van der Waals surface area contributed by atoms with Gasteiger partial charge >= 0.3 is 6.03 Å². The summed E-state index contributed by atoms with van der Waals surface area (Å²) in [6.45, 7) is 6.33. The molecule has 1 saturated heterocycles. The van der Waals surface area contributed by atoms with E-state index in [1.54, 1.807) is 12.1 Å². The number of amides is 2. The zero-order chi connectivity index (χ0) is 16.9. The minimum Gasteiger partial charge on any atom is -0.322 e. The highest BCUT2D eigenvalue weighted by Gasteiger charge is 2.21. The lowest BCUT2D eigenvalue weighted by Gasteiger charge is -2.35. The summed E-state index contributed by atoms with van der Waals surface area (Å²) in [7, 11) is 0. The molecule has 1 fully saturated rings. The Balaban J connectivity index is 1.51. The standard InChI is InChI=1S/C19H22ClN3O/c1-15-5-2-3-6-16(15)14-22-9-11-23(12-10-22)19(24)21-18-8-4-7-17(20)13-18/h2-8,13H,9-12,14H2,1H3,(H,21,24). The van der Waals surface area contributed by atoms with E-state index in [1.807, 2.05) is 17.0 Å². The van der Waals surface area contributed by atoms with Gasteiger partial charge in [0.05, 0.1) is 0 Å². The number of urea groups is 1. The van der Waals surface area contributed by atoms with E-state index in [2.05, 4.69) is 41.4 Å². The van der Waals surface area contributed by atoms with Gasteiger partial charge in [0, 0.05) is 43.4 Å². The van der Waals surface area contributed by atoms with Gasteiger partial charge < -0.3 is 10.2 Å². The molecule has 0 atom stereocenters. The van der Waals surface area contributed by atoms with Gasteiger partial charge in [0.1, 0.15) is 0 Å². The lowest BCUT2D eigenvalue weighted by molar-refractivity contribution is 0.143. The number of aryl methyl sites for hydroxylation is 1. The average molecular weight is 344 g/mol. The Morgan fingerprint density at radius 3 is 2.54 bits per heavy atom. The van der Waals surface area contributed by atoms with E-state index in [1.165, 1.54) is 11.1 Å². The summed E-state index contributed by atoms with van der Waals surface area (Å²) in [6.07, 6.45) is 0. The molecule has 0 aliphatic carbocycles. The summed E-state index contributed by atoms with van der Waals surface area (Å²) in [4.78, 5) is 16.6. The number of hydrogen-bond acceptors (Lipinski definition) is 2. The highest BCUT2D eigenvalue weighted by atomic mass is 35.5. The lowest BCUT2D eigenvalue weighted by Crippen LogP contribution is -2.49. The van der Waals surface area contributed by atoms with Crippen molar-refractivity contribution in [3.8, 4) is 0 Å². The Morgan fingerprint density at radius 1 is 1.08 bits per heavy atom. The van der Waals surface area contributed by atoms with Crippen LogP contribution in [0.25, 0.3) is 0 Å². The first kappa shape index (κ1) is 16.8. The van der Waals surface area contributed by atoms with Crippen molar-refractivity contribution in [2.24, 2.45) is 0 Å². The van der Waals surface area contributed by atoms with E-state index < -0.39 is 0 Å². The molecule has 3 rings (SSSR count). The van der Waals surface area contributed by atoms with Gasteiger partial charge in [0.15, 0.2) is 0 Å². The van der Waals surface area contributed by atoms with Crippen molar-refractivity contribution in [3.05, 3.63) is 64.7 Å². The molecule has 0 unspecified atom stereocenters. The van der Waals surface area contributed by atoms with Crippen molar-refractivity contribution in [2.45, 2.75) is 13.5 Å². The first-order valence-corrected chi connectivity index (χ1v) is 8.58. The van der Waals surface area contributed by atoms with Crippen molar-refractivity contribution in [1.29, 1.82) is 0 Å². The molecular weight excluding hydrogens is 322 g/mol. The number of carbonyl (C=O) groups is 1. The summed E-state index contributed by atoms with van der Waals surface area (Å²) < 4.78 is 0. The van der Waals surface area contributed by atoms with Gasteiger partial charge in [0.2, 0.25) is 0 Å². The molecule has 2 aromatic carbocycles. The molecule has 2 aromatic rings. The molecule has 1 N–H and O–H groups in total. The van der Waals surface area contributed by atoms with E-state index in [0.717, 1.165) is 38.4 Å². The minimum absolute atomic E-state index is 0.0622. The Bertz CT molecular complexity index is 711. The molecule has 0 radical (unpaired) electrons. The van der Waals surface area contributed by atoms with E-state index in [-0.39, 0.29) is 6.03 Å². The number of hydrogen-bond donors (Lipinski definition) is 1. The summed E-state index contributed by atoms with van der Waals surface area (Å²) >= 11 is 5.95. The van der Waals surface area contributed by atoms with Crippen LogP contribution in [0.3, 0.4) is 0 Å². The Kier molecular flexibility index (Phi) is 5.38. The monoisotopic (exact) mass is 343 g/mol. The SMILES string of the molecule is Cc1ccccc1CN1CCN(C(=O)Nc2cccc(Cl)c2)CC1. The number of halogens is 1. The second-order valence-electron chi connectivity index (χ2n) is 6.13. The van der Waals surface area contributed by atoms with Gasteiger partial charge in [-0.05, 0) is 36.2 Å². The number of piperazine rings is 1. The molecule has 126 valence electrons. The van der Waals surface area contributed by atoms with Gasteiger partial charge in [-0.2, -0.15) is 0 Å². The first-order chi connectivity index (χ1) is 11.6. The summed E-state index contributed by atoms with van der Waals surface area (Å²) in [5.41, 5.74) is 3.41. The third-order valence-corrected chi connectivity index (χ3v) is 4.63. The molecule has 0 aromatic heterocycles. The molecule has 2 amide bonds. The Hall–Kier alpha value is -2.04. The van der Waals surface area contributed by atoms with Crippen molar-refractivity contribution in [3.63, 3.8) is 0 Å².